The van der Waals surface area contributed by atoms with Crippen LogP contribution in [0.5, 0.6) is 0 Å². The van der Waals surface area contributed by atoms with Crippen molar-refractivity contribution in [1.82, 2.24) is 0 Å². The lowest BCUT2D eigenvalue weighted by Gasteiger charge is -1.89. The second-order valence-electron chi connectivity index (χ2n) is 2.09. The van der Waals surface area contributed by atoms with Gasteiger partial charge >= 0.3 is 11.4 Å². The van der Waals surface area contributed by atoms with Crippen LogP contribution in [-0.2, 0) is 0 Å². The minimum Gasteiger partial charge on any atom is -0.258 e. The number of hydrogen-bond acceptors (Lipinski definition) is 3. The fourth-order valence-corrected chi connectivity index (χ4v) is 0.772. The largest absolute Gasteiger partial charge is 0.499 e. The Morgan fingerprint density at radius 3 is 2.54 bits per heavy atom. The lowest BCUT2D eigenvalue weighted by Crippen LogP contribution is -1.92. The number of nitrogens with zero attached hydrogens (tertiary/aromatic N) is 3. The van der Waals surface area contributed by atoms with Gasteiger partial charge in [-0.3, -0.25) is 10.1 Å². The third kappa shape index (κ3) is 1.41. The zero-order valence-corrected chi connectivity index (χ0v) is 6.07. The molecule has 7 heteroatoms. The molecule has 66 valence electrons. The molecule has 1 rings (SSSR count). The summed E-state index contributed by atoms with van der Waals surface area (Å²) < 4.78 is 25.1. The van der Waals surface area contributed by atoms with Crippen LogP contribution >= 0.6 is 0 Å². The summed E-state index contributed by atoms with van der Waals surface area (Å²) in [6.45, 7) is 0. The molecule has 1 aromatic carbocycles. The van der Waals surface area contributed by atoms with Crippen molar-refractivity contribution in [2.45, 2.75) is 0 Å². The zero-order valence-electron chi connectivity index (χ0n) is 6.07. The maximum Gasteiger partial charge on any atom is 0.499 e. The summed E-state index contributed by atoms with van der Waals surface area (Å²) in [5, 5.41) is 18.4. The standard InChI is InChI=1S/C6H2F2N3O2/c7-3-1-2-4(11(12)13)6(10-9)5(3)8/h1-2H/q+1. The first-order valence-electron chi connectivity index (χ1n) is 3.05. The van der Waals surface area contributed by atoms with E-state index in [1.165, 1.54) is 0 Å². The molecule has 13 heavy (non-hydrogen) atoms. The number of nitro groups is 1. The molecular weight excluding hydrogens is 184 g/mol. The highest BCUT2D eigenvalue weighted by molar-refractivity contribution is 5.62. The quantitative estimate of drug-likeness (QED) is 0.384. The van der Waals surface area contributed by atoms with Crippen molar-refractivity contribution >= 4 is 11.4 Å². The molecule has 0 radical (unpaired) electrons. The molecule has 1 aromatic rings. The van der Waals surface area contributed by atoms with Gasteiger partial charge in [0.1, 0.15) is 0 Å². The van der Waals surface area contributed by atoms with Crippen LogP contribution in [0.25, 0.3) is 4.98 Å². The first-order chi connectivity index (χ1) is 6.07. The molecule has 0 aromatic heterocycles. The molecule has 0 heterocycles. The summed E-state index contributed by atoms with van der Waals surface area (Å²) in [4.78, 5) is 11.5. The Kier molecular flexibility index (Phi) is 2.15. The molecule has 0 atom stereocenters. The Bertz CT molecular complexity index is 413. The maximum absolute atomic E-state index is 12.7. The van der Waals surface area contributed by atoms with E-state index in [9.17, 15) is 18.9 Å². The van der Waals surface area contributed by atoms with Gasteiger partial charge in [0.25, 0.3) is 5.82 Å². The van der Waals surface area contributed by atoms with Crippen LogP contribution in [-0.4, -0.2) is 4.92 Å². The monoisotopic (exact) mass is 186 g/mol. The third-order valence-electron chi connectivity index (χ3n) is 1.34. The second-order valence-corrected chi connectivity index (χ2v) is 2.09. The summed E-state index contributed by atoms with van der Waals surface area (Å²) in [5.74, 6) is -2.85. The van der Waals surface area contributed by atoms with Crippen molar-refractivity contribution in [3.63, 3.8) is 0 Å². The van der Waals surface area contributed by atoms with Crippen LogP contribution in [0.3, 0.4) is 0 Å². The molecule has 0 saturated carbocycles. The Morgan fingerprint density at radius 2 is 2.08 bits per heavy atom. The molecule has 0 bridgehead atoms. The predicted octanol–water partition coefficient (Wildman–Crippen LogP) is 2.36. The number of hydrogen-bond donors (Lipinski definition) is 0. The minimum absolute atomic E-state index is 0.585. The molecule has 5 nitrogen and oxygen atoms in total. The normalized spacial score (nSPS) is 9.31. The van der Waals surface area contributed by atoms with Gasteiger partial charge in [0, 0.05) is 6.07 Å². The average molecular weight is 186 g/mol. The number of benzene rings is 1. The van der Waals surface area contributed by atoms with Crippen molar-refractivity contribution < 1.29 is 13.7 Å². The van der Waals surface area contributed by atoms with E-state index in [0.29, 0.717) is 12.1 Å². The first-order valence-corrected chi connectivity index (χ1v) is 3.05. The van der Waals surface area contributed by atoms with E-state index in [0.717, 1.165) is 0 Å². The van der Waals surface area contributed by atoms with Crippen LogP contribution in [0.15, 0.2) is 12.1 Å². The van der Waals surface area contributed by atoms with Gasteiger partial charge < -0.3 is 0 Å². The maximum atomic E-state index is 12.7. The van der Waals surface area contributed by atoms with E-state index >= 15 is 0 Å². The number of halogens is 2. The van der Waals surface area contributed by atoms with Crippen LogP contribution in [0, 0.1) is 27.1 Å². The summed E-state index contributed by atoms with van der Waals surface area (Å²) in [5.41, 5.74) is -1.80. The molecule has 0 N–H and O–H groups in total. The molecule has 0 spiro atoms. The van der Waals surface area contributed by atoms with Gasteiger partial charge in [-0.05, 0) is 6.07 Å². The van der Waals surface area contributed by atoms with Crippen molar-refractivity contribution in [2.75, 3.05) is 0 Å². The number of diazo groups is 1. The fraction of sp³-hybridized carbons (Fsp3) is 0. The molecule has 0 unspecified atom stereocenters. The molecular formula is C6H2F2N3O2+. The van der Waals surface area contributed by atoms with Crippen LogP contribution in [0.1, 0.15) is 0 Å². The van der Waals surface area contributed by atoms with Crippen molar-refractivity contribution in [3.8, 4) is 0 Å². The first kappa shape index (κ1) is 8.99. The van der Waals surface area contributed by atoms with Gasteiger partial charge in [-0.25, -0.2) is 4.39 Å². The SMILES string of the molecule is N#[N+]c1c([N+](=O)[O-])ccc(F)c1F. The Hall–Kier alpha value is -2.10. The summed E-state index contributed by atoms with van der Waals surface area (Å²) in [6.07, 6.45) is 0. The summed E-state index contributed by atoms with van der Waals surface area (Å²) in [7, 11) is 0. The van der Waals surface area contributed by atoms with Crippen molar-refractivity contribution in [1.29, 1.82) is 5.39 Å². The molecule has 0 amide bonds. The highest BCUT2D eigenvalue weighted by Crippen LogP contribution is 2.31. The average Bonchev–Trinajstić information content (AvgIpc) is 2.09. The molecule has 0 aliphatic heterocycles. The van der Waals surface area contributed by atoms with Crippen LogP contribution < -0.4 is 0 Å². The zero-order chi connectivity index (χ0) is 10.0. The topological polar surface area (TPSA) is 71.3 Å². The van der Waals surface area contributed by atoms with E-state index in [1.54, 1.807) is 0 Å². The molecule has 0 aliphatic rings. The van der Waals surface area contributed by atoms with Crippen LogP contribution in [0.2, 0.25) is 0 Å². The lowest BCUT2D eigenvalue weighted by atomic mass is 10.2. The van der Waals surface area contributed by atoms with Gasteiger partial charge in [0.15, 0.2) is 10.8 Å². The van der Waals surface area contributed by atoms with Gasteiger partial charge in [0.05, 0.1) is 4.92 Å². The van der Waals surface area contributed by atoms with Crippen LogP contribution in [0.4, 0.5) is 20.2 Å². The minimum atomic E-state index is -1.54. The highest BCUT2D eigenvalue weighted by atomic mass is 19.2. The van der Waals surface area contributed by atoms with E-state index in [4.69, 9.17) is 5.39 Å². The van der Waals surface area contributed by atoms with Gasteiger partial charge in [-0.15, -0.1) is 0 Å². The van der Waals surface area contributed by atoms with E-state index in [-0.39, 0.29) is 0 Å². The van der Waals surface area contributed by atoms with Crippen molar-refractivity contribution in [3.05, 3.63) is 38.9 Å². The van der Waals surface area contributed by atoms with Gasteiger partial charge in [0.2, 0.25) is 5.39 Å². The lowest BCUT2D eigenvalue weighted by molar-refractivity contribution is -0.384. The fourth-order valence-electron chi connectivity index (χ4n) is 0.772. The number of rotatable bonds is 1. The molecule has 0 aliphatic carbocycles. The van der Waals surface area contributed by atoms with E-state index < -0.39 is 27.9 Å². The van der Waals surface area contributed by atoms with Crippen molar-refractivity contribution in [2.24, 2.45) is 0 Å². The molecule has 0 saturated heterocycles. The predicted molar refractivity (Wildman–Crippen MR) is 37.8 cm³/mol. The summed E-state index contributed by atoms with van der Waals surface area (Å²) in [6, 6.07) is 1.30. The third-order valence-corrected chi connectivity index (χ3v) is 1.34. The van der Waals surface area contributed by atoms with E-state index in [2.05, 4.69) is 4.98 Å². The number of nitro benzene ring substituents is 1. The Balaban J connectivity index is 3.50. The van der Waals surface area contributed by atoms with Gasteiger partial charge in [-0.1, -0.05) is 0 Å². The Labute approximate surface area is 70.4 Å². The highest BCUT2D eigenvalue weighted by Gasteiger charge is 2.32. The van der Waals surface area contributed by atoms with E-state index in [1.807, 2.05) is 0 Å². The Morgan fingerprint density at radius 1 is 1.46 bits per heavy atom. The summed E-state index contributed by atoms with van der Waals surface area (Å²) >= 11 is 0. The smallest absolute Gasteiger partial charge is 0.258 e. The molecule has 0 fully saturated rings. The van der Waals surface area contributed by atoms with Gasteiger partial charge in [-0.2, -0.15) is 4.39 Å². The second kappa shape index (κ2) is 3.10.